The van der Waals surface area contributed by atoms with Gasteiger partial charge < -0.3 is 15.0 Å². The van der Waals surface area contributed by atoms with Crippen molar-refractivity contribution in [3.63, 3.8) is 0 Å². The van der Waals surface area contributed by atoms with E-state index in [1.165, 1.54) is 24.3 Å². The average Bonchev–Trinajstić information content (AvgIpc) is 2.99. The maximum Gasteiger partial charge on any atom is 0.266 e. The number of aromatic carboxylic acids is 1. The van der Waals surface area contributed by atoms with Crippen LogP contribution < -0.4 is 10.0 Å². The topological polar surface area (TPSA) is 132 Å². The van der Waals surface area contributed by atoms with Crippen LogP contribution in [0.5, 0.6) is 5.75 Å². The summed E-state index contributed by atoms with van der Waals surface area (Å²) < 4.78 is 25.9. The minimum Gasteiger partial charge on any atom is -0.545 e. The van der Waals surface area contributed by atoms with Crippen molar-refractivity contribution in [1.82, 2.24) is 0 Å². The summed E-state index contributed by atoms with van der Waals surface area (Å²) in [6.07, 6.45) is 0. The lowest BCUT2D eigenvalue weighted by molar-refractivity contribution is -0.255. The van der Waals surface area contributed by atoms with E-state index in [1.54, 1.807) is 13.0 Å². The van der Waals surface area contributed by atoms with Crippen molar-refractivity contribution < 1.29 is 33.0 Å². The normalized spacial score (nSPS) is 13.4. The van der Waals surface area contributed by atoms with Gasteiger partial charge in [-0.25, -0.2) is 13.3 Å². The van der Waals surface area contributed by atoms with Gasteiger partial charge >= 0.3 is 0 Å². The Balaban J connectivity index is 1.76. The van der Waals surface area contributed by atoms with Crippen molar-refractivity contribution in [2.75, 3.05) is 4.90 Å². The number of phenolic OH excluding ortho intramolecular Hbond substituents is 1. The number of imide groups is 1. The van der Waals surface area contributed by atoms with Crippen LogP contribution in [0.15, 0.2) is 70.5 Å². The third kappa shape index (κ3) is 3.24. The van der Waals surface area contributed by atoms with Gasteiger partial charge in [0.05, 0.1) is 32.6 Å². The first-order valence-electron chi connectivity index (χ1n) is 9.00. The largest absolute Gasteiger partial charge is 0.545 e. The Kier molecular flexibility index (Phi) is 4.63. The highest BCUT2D eigenvalue weighted by atomic mass is 32.2. The molecule has 0 atom stereocenters. The molecular formula is C22H14NO7S-. The summed E-state index contributed by atoms with van der Waals surface area (Å²) in [5, 5.41) is 21.0. The number of nitrogens with zero attached hydrogens (tertiary/aromatic N) is 1. The Morgan fingerprint density at radius 1 is 0.871 bits per heavy atom. The maximum atomic E-state index is 12.9. The number of carboxylic acid groups (broad SMARTS) is 1. The third-order valence-corrected chi connectivity index (χ3v) is 6.71. The van der Waals surface area contributed by atoms with E-state index in [0.717, 1.165) is 35.2 Å². The summed E-state index contributed by atoms with van der Waals surface area (Å²) in [7, 11) is -4.09. The number of sulfone groups is 1. The zero-order valence-corrected chi connectivity index (χ0v) is 16.8. The SMILES string of the molecule is Cc1ccc(O)c(N2C(=O)c3ccc(S(=O)(=O)c4ccc(C(=O)[O-])cc4)cc3C2=O)c1. The number of aryl methyl sites for hydroxylation is 1. The minimum atomic E-state index is -4.09. The molecule has 0 bridgehead atoms. The quantitative estimate of drug-likeness (QED) is 0.616. The molecule has 0 aliphatic carbocycles. The number of rotatable bonds is 4. The molecule has 0 unspecified atom stereocenters. The second-order valence-corrected chi connectivity index (χ2v) is 8.91. The molecule has 0 fully saturated rings. The van der Waals surface area contributed by atoms with Crippen LogP contribution in [0, 0.1) is 6.92 Å². The van der Waals surface area contributed by atoms with Gasteiger partial charge in [0.15, 0.2) is 0 Å². The number of benzene rings is 3. The number of carbonyl (C=O) groups excluding carboxylic acids is 3. The summed E-state index contributed by atoms with van der Waals surface area (Å²) in [6, 6.07) is 12.5. The fraction of sp³-hybridized carbons (Fsp3) is 0.0455. The molecular weight excluding hydrogens is 422 g/mol. The van der Waals surface area contributed by atoms with Crippen LogP contribution in [0.1, 0.15) is 36.6 Å². The zero-order chi connectivity index (χ0) is 22.5. The van der Waals surface area contributed by atoms with Crippen LogP contribution in [0.3, 0.4) is 0 Å². The molecule has 0 saturated carbocycles. The number of fused-ring (bicyclic) bond motifs is 1. The highest BCUT2D eigenvalue weighted by Gasteiger charge is 2.39. The van der Waals surface area contributed by atoms with Gasteiger partial charge in [0.2, 0.25) is 9.84 Å². The highest BCUT2D eigenvalue weighted by Crippen LogP contribution is 2.36. The summed E-state index contributed by atoms with van der Waals surface area (Å²) >= 11 is 0. The molecule has 1 heterocycles. The Morgan fingerprint density at radius 3 is 2.13 bits per heavy atom. The molecule has 1 aliphatic rings. The number of amides is 2. The predicted molar refractivity (Wildman–Crippen MR) is 107 cm³/mol. The van der Waals surface area contributed by atoms with Crippen LogP contribution in [0.4, 0.5) is 5.69 Å². The number of aromatic hydroxyl groups is 1. The van der Waals surface area contributed by atoms with Crippen LogP contribution in [0.2, 0.25) is 0 Å². The van der Waals surface area contributed by atoms with Crippen molar-refractivity contribution >= 4 is 33.3 Å². The standard InChI is InChI=1S/C22H15NO7S/c1-12-2-9-19(24)18(10-12)23-20(25)16-8-7-15(11-17(16)21(23)26)31(29,30)14-5-3-13(4-6-14)22(27)28/h2-11,24H,1H3,(H,27,28)/p-1. The van der Waals surface area contributed by atoms with Gasteiger partial charge in [-0.3, -0.25) is 9.59 Å². The van der Waals surface area contributed by atoms with Crippen molar-refractivity contribution in [2.45, 2.75) is 16.7 Å². The molecule has 1 aliphatic heterocycles. The molecule has 3 aromatic carbocycles. The van der Waals surface area contributed by atoms with Gasteiger partial charge in [-0.15, -0.1) is 0 Å². The predicted octanol–water partition coefficient (Wildman–Crippen LogP) is 1.70. The Labute approximate surface area is 176 Å². The molecule has 1 N–H and O–H groups in total. The van der Waals surface area contributed by atoms with Crippen molar-refractivity contribution in [3.05, 3.63) is 82.9 Å². The maximum absolute atomic E-state index is 12.9. The Morgan fingerprint density at radius 2 is 1.48 bits per heavy atom. The summed E-state index contributed by atoms with van der Waals surface area (Å²) in [6.45, 7) is 1.73. The number of hydrogen-bond donors (Lipinski definition) is 1. The molecule has 8 nitrogen and oxygen atoms in total. The second-order valence-electron chi connectivity index (χ2n) is 6.96. The first-order chi connectivity index (χ1) is 14.6. The molecule has 31 heavy (non-hydrogen) atoms. The summed E-state index contributed by atoms with van der Waals surface area (Å²) in [5.74, 6) is -3.14. The molecule has 156 valence electrons. The lowest BCUT2D eigenvalue weighted by Gasteiger charge is -2.15. The van der Waals surface area contributed by atoms with E-state index < -0.39 is 27.6 Å². The third-order valence-electron chi connectivity index (χ3n) is 4.94. The van der Waals surface area contributed by atoms with Crippen molar-refractivity contribution in [3.8, 4) is 5.75 Å². The van der Waals surface area contributed by atoms with Crippen molar-refractivity contribution in [2.24, 2.45) is 0 Å². The van der Waals surface area contributed by atoms with E-state index in [1.807, 2.05) is 0 Å². The van der Waals surface area contributed by atoms with E-state index in [4.69, 9.17) is 0 Å². The summed E-state index contributed by atoms with van der Waals surface area (Å²) in [5.41, 5.74) is 0.443. The minimum absolute atomic E-state index is 0.00785. The molecule has 0 spiro atoms. The van der Waals surface area contributed by atoms with Crippen molar-refractivity contribution in [1.29, 1.82) is 0 Å². The molecule has 0 radical (unpaired) electrons. The lowest BCUT2D eigenvalue weighted by Crippen LogP contribution is -2.29. The lowest BCUT2D eigenvalue weighted by atomic mass is 10.1. The smallest absolute Gasteiger partial charge is 0.266 e. The van der Waals surface area contributed by atoms with Gasteiger partial charge in [0.1, 0.15) is 5.75 Å². The number of anilines is 1. The van der Waals surface area contributed by atoms with Gasteiger partial charge in [-0.05, 0) is 60.5 Å². The van der Waals surface area contributed by atoms with Gasteiger partial charge in [0, 0.05) is 0 Å². The van der Waals surface area contributed by atoms with Crippen LogP contribution in [-0.4, -0.2) is 31.3 Å². The number of hydrogen-bond acceptors (Lipinski definition) is 7. The van der Waals surface area contributed by atoms with Crippen LogP contribution in [-0.2, 0) is 9.84 Å². The Bertz CT molecular complexity index is 1380. The number of carbonyl (C=O) groups is 3. The zero-order valence-electron chi connectivity index (χ0n) is 16.0. The fourth-order valence-corrected chi connectivity index (χ4v) is 4.61. The molecule has 2 amide bonds. The van der Waals surface area contributed by atoms with E-state index in [2.05, 4.69) is 0 Å². The second kappa shape index (κ2) is 7.06. The van der Waals surface area contributed by atoms with Gasteiger partial charge in [-0.2, -0.15) is 0 Å². The molecule has 3 aromatic rings. The summed E-state index contributed by atoms with van der Waals surface area (Å²) in [4.78, 5) is 37.0. The Hall–Kier alpha value is -3.98. The highest BCUT2D eigenvalue weighted by molar-refractivity contribution is 7.91. The van der Waals surface area contributed by atoms with Gasteiger partial charge in [-0.1, -0.05) is 18.2 Å². The fourth-order valence-electron chi connectivity index (χ4n) is 3.32. The van der Waals surface area contributed by atoms with Crippen LogP contribution in [0.25, 0.3) is 0 Å². The average molecular weight is 436 g/mol. The number of carboxylic acids is 1. The molecule has 9 heteroatoms. The van der Waals surface area contributed by atoms with Crippen LogP contribution >= 0.6 is 0 Å². The number of phenols is 1. The van der Waals surface area contributed by atoms with E-state index in [0.29, 0.717) is 5.56 Å². The van der Waals surface area contributed by atoms with Gasteiger partial charge in [0.25, 0.3) is 11.8 Å². The van der Waals surface area contributed by atoms with E-state index >= 15 is 0 Å². The molecule has 0 aromatic heterocycles. The van der Waals surface area contributed by atoms with E-state index in [-0.39, 0.29) is 37.9 Å². The van der Waals surface area contributed by atoms with E-state index in [9.17, 15) is 33.0 Å². The monoisotopic (exact) mass is 436 g/mol. The molecule has 0 saturated heterocycles. The first-order valence-corrected chi connectivity index (χ1v) is 10.5. The molecule has 4 rings (SSSR count). The first kappa shape index (κ1) is 20.3.